The summed E-state index contributed by atoms with van der Waals surface area (Å²) in [5.74, 6) is 0.523. The summed E-state index contributed by atoms with van der Waals surface area (Å²) in [4.78, 5) is 37.1. The molecule has 0 N–H and O–H groups in total. The molecule has 0 aliphatic rings. The van der Waals surface area contributed by atoms with E-state index in [1.165, 1.54) is 18.0 Å². The molecule has 2 amide bonds. The molecule has 0 aliphatic heterocycles. The number of amides is 2. The fraction of sp³-hybridized carbons (Fsp3) is 0.444. The fourth-order valence-electron chi connectivity index (χ4n) is 3.91. The van der Waals surface area contributed by atoms with Gasteiger partial charge in [0.25, 0.3) is 0 Å². The van der Waals surface area contributed by atoms with Gasteiger partial charge in [-0.2, -0.15) is 10.2 Å². The first-order chi connectivity index (χ1) is 17.6. The van der Waals surface area contributed by atoms with E-state index in [1.807, 2.05) is 32.2 Å². The standard InChI is InChI=1S/C27H33N5O5S/c1-15-11-12-19(35-9)16(2)20(15)31-21-18(14-29-23(30-21)38-10)17(13-28)22(31)32(24(33)36-26(3,4)5)25(34)37-27(6,7)8/h11-12,14H,1-10H3. The first-order valence-corrected chi connectivity index (χ1v) is 13.1. The highest BCUT2D eigenvalue weighted by molar-refractivity contribution is 7.98. The number of methoxy groups -OCH3 is 1. The smallest absolute Gasteiger partial charge is 0.425 e. The number of anilines is 1. The Balaban J connectivity index is 2.55. The minimum absolute atomic E-state index is 0.0194. The molecule has 0 radical (unpaired) electrons. The van der Waals surface area contributed by atoms with Gasteiger partial charge in [-0.15, -0.1) is 0 Å². The molecule has 0 fully saturated rings. The highest BCUT2D eigenvalue weighted by Crippen LogP contribution is 2.40. The summed E-state index contributed by atoms with van der Waals surface area (Å²) in [5.41, 5.74) is 0.590. The van der Waals surface area contributed by atoms with Crippen LogP contribution in [-0.2, 0) is 9.47 Å². The number of rotatable bonds is 4. The maximum Gasteiger partial charge on any atom is 0.425 e. The summed E-state index contributed by atoms with van der Waals surface area (Å²) in [7, 11) is 1.55. The summed E-state index contributed by atoms with van der Waals surface area (Å²) >= 11 is 1.32. The van der Waals surface area contributed by atoms with Crippen LogP contribution in [0.1, 0.15) is 58.2 Å². The van der Waals surface area contributed by atoms with Crippen LogP contribution in [-0.4, -0.2) is 51.3 Å². The summed E-state index contributed by atoms with van der Waals surface area (Å²) in [6.07, 6.45) is 1.35. The van der Waals surface area contributed by atoms with Crippen molar-refractivity contribution < 1.29 is 23.8 Å². The number of hydrogen-bond acceptors (Lipinski definition) is 9. The molecule has 0 saturated carbocycles. The lowest BCUT2D eigenvalue weighted by Crippen LogP contribution is -2.45. The maximum atomic E-state index is 13.6. The van der Waals surface area contributed by atoms with E-state index in [0.717, 1.165) is 10.5 Å². The minimum Gasteiger partial charge on any atom is -0.496 e. The van der Waals surface area contributed by atoms with Gasteiger partial charge in [-0.1, -0.05) is 17.8 Å². The van der Waals surface area contributed by atoms with Crippen molar-refractivity contribution in [1.82, 2.24) is 14.5 Å². The molecule has 0 aliphatic carbocycles. The zero-order valence-corrected chi connectivity index (χ0v) is 24.2. The van der Waals surface area contributed by atoms with Gasteiger partial charge in [-0.3, -0.25) is 4.57 Å². The third-order valence-electron chi connectivity index (χ3n) is 5.35. The van der Waals surface area contributed by atoms with E-state index in [1.54, 1.807) is 53.2 Å². The molecule has 10 nitrogen and oxygen atoms in total. The van der Waals surface area contributed by atoms with Crippen molar-refractivity contribution >= 4 is 40.8 Å². The monoisotopic (exact) mass is 539 g/mol. The van der Waals surface area contributed by atoms with Gasteiger partial charge in [-0.25, -0.2) is 19.6 Å². The Morgan fingerprint density at radius 2 is 1.63 bits per heavy atom. The normalized spacial score (nSPS) is 11.7. The van der Waals surface area contributed by atoms with Crippen LogP contribution in [0, 0.1) is 25.2 Å². The molecule has 3 rings (SSSR count). The molecule has 3 aromatic rings. The van der Waals surface area contributed by atoms with Gasteiger partial charge < -0.3 is 14.2 Å². The van der Waals surface area contributed by atoms with Crippen molar-refractivity contribution in [3.05, 3.63) is 35.0 Å². The summed E-state index contributed by atoms with van der Waals surface area (Å²) in [6, 6.07) is 5.83. The second-order valence-electron chi connectivity index (χ2n) is 10.6. The quantitative estimate of drug-likeness (QED) is 0.277. The molecule has 2 aromatic heterocycles. The van der Waals surface area contributed by atoms with E-state index in [-0.39, 0.29) is 11.4 Å². The third-order valence-corrected chi connectivity index (χ3v) is 5.91. The van der Waals surface area contributed by atoms with Crippen LogP contribution in [0.2, 0.25) is 0 Å². The highest BCUT2D eigenvalue weighted by atomic mass is 32.2. The molecule has 2 heterocycles. The molecular weight excluding hydrogens is 506 g/mol. The molecule has 0 bridgehead atoms. The number of carbonyl (C=O) groups is 2. The second-order valence-corrected chi connectivity index (χ2v) is 11.4. The first kappa shape index (κ1) is 28.8. The Morgan fingerprint density at radius 1 is 1.05 bits per heavy atom. The average Bonchev–Trinajstić information content (AvgIpc) is 3.09. The molecular formula is C27H33N5O5S. The predicted octanol–water partition coefficient (Wildman–Crippen LogP) is 6.32. The molecule has 0 atom stereocenters. The van der Waals surface area contributed by atoms with Crippen LogP contribution in [0.25, 0.3) is 16.7 Å². The number of thioether (sulfide) groups is 1. The van der Waals surface area contributed by atoms with Crippen LogP contribution >= 0.6 is 11.8 Å². The predicted molar refractivity (Wildman–Crippen MR) is 146 cm³/mol. The second kappa shape index (κ2) is 10.5. The molecule has 0 unspecified atom stereocenters. The topological polar surface area (TPSA) is 120 Å². The van der Waals surface area contributed by atoms with Crippen molar-refractivity contribution in [2.75, 3.05) is 18.3 Å². The lowest BCUT2D eigenvalue weighted by molar-refractivity contribution is 0.0428. The van der Waals surface area contributed by atoms with Gasteiger partial charge in [0.1, 0.15) is 28.6 Å². The number of carbonyl (C=O) groups excluding carboxylic acids is 2. The van der Waals surface area contributed by atoms with Gasteiger partial charge in [0.2, 0.25) is 0 Å². The van der Waals surface area contributed by atoms with Gasteiger partial charge in [0, 0.05) is 11.8 Å². The maximum absolute atomic E-state index is 13.6. The SMILES string of the molecule is COc1ccc(C)c(-n2c(N(C(=O)OC(C)(C)C)C(=O)OC(C)(C)C)c(C#N)c3cnc(SC)nc32)c1C. The van der Waals surface area contributed by atoms with Crippen molar-refractivity contribution in [2.24, 2.45) is 0 Å². The summed E-state index contributed by atoms with van der Waals surface area (Å²) in [6.45, 7) is 13.8. The summed E-state index contributed by atoms with van der Waals surface area (Å²) in [5, 5.41) is 11.2. The molecule has 11 heteroatoms. The Bertz CT molecular complexity index is 1420. The zero-order chi connectivity index (χ0) is 28.6. The Labute approximate surface area is 226 Å². The lowest BCUT2D eigenvalue weighted by Gasteiger charge is -2.29. The van der Waals surface area contributed by atoms with Crippen LogP contribution in [0.5, 0.6) is 5.75 Å². The molecule has 0 saturated heterocycles. The van der Waals surface area contributed by atoms with E-state index >= 15 is 0 Å². The van der Waals surface area contributed by atoms with Gasteiger partial charge in [-0.05, 0) is 73.3 Å². The van der Waals surface area contributed by atoms with Crippen LogP contribution in [0.4, 0.5) is 15.4 Å². The number of benzene rings is 1. The molecule has 1 aromatic carbocycles. The van der Waals surface area contributed by atoms with Gasteiger partial charge in [0.05, 0.1) is 18.2 Å². The number of fused-ring (bicyclic) bond motifs is 1. The van der Waals surface area contributed by atoms with Crippen LogP contribution in [0.15, 0.2) is 23.5 Å². The van der Waals surface area contributed by atoms with Gasteiger partial charge in [0.15, 0.2) is 16.6 Å². The van der Waals surface area contributed by atoms with Crippen molar-refractivity contribution in [3.8, 4) is 17.5 Å². The van der Waals surface area contributed by atoms with Crippen LogP contribution in [0.3, 0.4) is 0 Å². The van der Waals surface area contributed by atoms with E-state index in [2.05, 4.69) is 16.0 Å². The van der Waals surface area contributed by atoms with E-state index in [4.69, 9.17) is 14.2 Å². The molecule has 38 heavy (non-hydrogen) atoms. The third kappa shape index (κ3) is 5.70. The largest absolute Gasteiger partial charge is 0.496 e. The first-order valence-electron chi connectivity index (χ1n) is 11.9. The number of nitrogens with zero attached hydrogens (tertiary/aromatic N) is 5. The van der Waals surface area contributed by atoms with Gasteiger partial charge >= 0.3 is 12.2 Å². The number of ether oxygens (including phenoxy) is 3. The molecule has 0 spiro atoms. The minimum atomic E-state index is -0.997. The van der Waals surface area contributed by atoms with E-state index < -0.39 is 23.4 Å². The van der Waals surface area contributed by atoms with Crippen molar-refractivity contribution in [1.29, 1.82) is 5.26 Å². The van der Waals surface area contributed by atoms with E-state index in [0.29, 0.717) is 33.2 Å². The van der Waals surface area contributed by atoms with Crippen molar-refractivity contribution in [3.63, 3.8) is 0 Å². The van der Waals surface area contributed by atoms with Crippen LogP contribution < -0.4 is 9.64 Å². The molecule has 202 valence electrons. The summed E-state index contributed by atoms with van der Waals surface area (Å²) < 4.78 is 18.4. The lowest BCUT2D eigenvalue weighted by atomic mass is 10.1. The zero-order valence-electron chi connectivity index (χ0n) is 23.4. The fourth-order valence-corrected chi connectivity index (χ4v) is 4.25. The average molecular weight is 540 g/mol. The number of aromatic nitrogens is 3. The van der Waals surface area contributed by atoms with E-state index in [9.17, 15) is 14.9 Å². The Hall–Kier alpha value is -3.78. The Morgan fingerprint density at radius 3 is 2.11 bits per heavy atom. The highest BCUT2D eigenvalue weighted by Gasteiger charge is 2.39. The number of aryl methyl sites for hydroxylation is 1. The number of imide groups is 1. The Kier molecular flexibility index (Phi) is 7.98. The number of hydrogen-bond donors (Lipinski definition) is 0. The number of nitriles is 1. The van der Waals surface area contributed by atoms with Crippen molar-refractivity contribution in [2.45, 2.75) is 71.7 Å².